The Morgan fingerprint density at radius 2 is 1.90 bits per heavy atom. The van der Waals surface area contributed by atoms with Crippen LogP contribution in [0.4, 0.5) is 0 Å². The van der Waals surface area contributed by atoms with E-state index >= 15 is 0 Å². The van der Waals surface area contributed by atoms with Crippen LogP contribution in [0.2, 0.25) is 0 Å². The number of rotatable bonds is 7. The van der Waals surface area contributed by atoms with Crippen molar-refractivity contribution >= 4 is 5.91 Å². The molecule has 0 spiro atoms. The zero-order chi connectivity index (χ0) is 21.8. The van der Waals surface area contributed by atoms with Crippen LogP contribution in [0.15, 0.2) is 67.0 Å². The minimum atomic E-state index is -0.562. The Labute approximate surface area is 183 Å². The van der Waals surface area contributed by atoms with Gasteiger partial charge in [0.25, 0.3) is 0 Å². The molecule has 3 aromatic rings. The highest BCUT2D eigenvalue weighted by atomic mass is 16.5. The predicted molar refractivity (Wildman–Crippen MR) is 123 cm³/mol. The minimum absolute atomic E-state index is 0.222. The summed E-state index contributed by atoms with van der Waals surface area (Å²) in [7, 11) is 1.71. The van der Waals surface area contributed by atoms with Gasteiger partial charge in [-0.25, -0.2) is 0 Å². The molecule has 160 valence electrons. The van der Waals surface area contributed by atoms with Crippen molar-refractivity contribution in [2.45, 2.75) is 26.3 Å². The second kappa shape index (κ2) is 8.90. The number of benzene rings is 2. The Morgan fingerprint density at radius 3 is 2.65 bits per heavy atom. The van der Waals surface area contributed by atoms with Crippen molar-refractivity contribution in [2.24, 2.45) is 11.1 Å². The molecule has 1 amide bonds. The Hall–Kier alpha value is -3.18. The number of aromatic nitrogens is 1. The van der Waals surface area contributed by atoms with Crippen molar-refractivity contribution in [1.29, 1.82) is 0 Å². The van der Waals surface area contributed by atoms with Crippen LogP contribution >= 0.6 is 0 Å². The van der Waals surface area contributed by atoms with Crippen LogP contribution in [0.3, 0.4) is 0 Å². The largest absolute Gasteiger partial charge is 0.496 e. The molecule has 0 aliphatic carbocycles. The van der Waals surface area contributed by atoms with Gasteiger partial charge in [0.15, 0.2) is 0 Å². The van der Waals surface area contributed by atoms with E-state index in [0.29, 0.717) is 13.0 Å². The second-order valence-corrected chi connectivity index (χ2v) is 8.49. The van der Waals surface area contributed by atoms with Gasteiger partial charge in [0, 0.05) is 31.0 Å². The van der Waals surface area contributed by atoms with Crippen LogP contribution in [0.1, 0.15) is 23.1 Å². The van der Waals surface area contributed by atoms with Crippen LogP contribution in [0, 0.1) is 12.3 Å². The topological polar surface area (TPSA) is 68.4 Å². The molecule has 2 N–H and O–H groups in total. The van der Waals surface area contributed by atoms with E-state index in [1.165, 1.54) is 0 Å². The summed E-state index contributed by atoms with van der Waals surface area (Å²) in [5.74, 6) is 0.699. The molecular formula is C26H29N3O2. The Kier molecular flexibility index (Phi) is 6.05. The number of para-hydroxylation sites is 1. The maximum atomic E-state index is 12.6. The van der Waals surface area contributed by atoms with Gasteiger partial charge in [0.1, 0.15) is 5.75 Å². The molecule has 2 aromatic carbocycles. The molecule has 1 aromatic heterocycles. The molecule has 1 unspecified atom stereocenters. The third-order valence-corrected chi connectivity index (χ3v) is 6.33. The lowest BCUT2D eigenvalue weighted by Gasteiger charge is -2.27. The molecule has 1 atom stereocenters. The first-order valence-corrected chi connectivity index (χ1v) is 10.6. The zero-order valence-electron chi connectivity index (χ0n) is 18.2. The molecule has 1 saturated heterocycles. The first-order valence-electron chi connectivity index (χ1n) is 10.6. The molecule has 4 rings (SSSR count). The third-order valence-electron chi connectivity index (χ3n) is 6.33. The summed E-state index contributed by atoms with van der Waals surface area (Å²) in [6.07, 6.45) is 4.99. The number of carbonyl (C=O) groups excluding carboxylic acids is 1. The van der Waals surface area contributed by atoms with Gasteiger partial charge >= 0.3 is 0 Å². The standard InChI is InChI=1S/C26H29N3O2/c1-19-5-3-8-23(24(19)31-2)17-29-14-11-26(18-29,25(27)30)16-20-6-4-7-22(15-20)21-9-12-28-13-10-21/h3-10,12-13,15H,11,14,16-18H2,1-2H3,(H2,27,30). The molecule has 1 aliphatic heterocycles. The maximum Gasteiger partial charge on any atom is 0.225 e. The van der Waals surface area contributed by atoms with Gasteiger partial charge in [-0.1, -0.05) is 42.5 Å². The molecule has 31 heavy (non-hydrogen) atoms. The minimum Gasteiger partial charge on any atom is -0.496 e. The fourth-order valence-corrected chi connectivity index (χ4v) is 4.69. The summed E-state index contributed by atoms with van der Waals surface area (Å²) in [5.41, 5.74) is 11.0. The van der Waals surface area contributed by atoms with Gasteiger partial charge in [-0.2, -0.15) is 0 Å². The predicted octanol–water partition coefficient (Wildman–Crippen LogP) is 3.99. The molecule has 0 bridgehead atoms. The number of nitrogens with two attached hydrogens (primary N) is 1. The number of amides is 1. The maximum absolute atomic E-state index is 12.6. The van der Waals surface area contributed by atoms with Crippen LogP contribution < -0.4 is 10.5 Å². The number of likely N-dealkylation sites (tertiary alicyclic amines) is 1. The van der Waals surface area contributed by atoms with Crippen LogP contribution in [-0.4, -0.2) is 36.0 Å². The summed E-state index contributed by atoms with van der Waals surface area (Å²) in [4.78, 5) is 19.0. The zero-order valence-corrected chi connectivity index (χ0v) is 18.2. The molecule has 5 heteroatoms. The van der Waals surface area contributed by atoms with Gasteiger partial charge in [0.05, 0.1) is 12.5 Å². The van der Waals surface area contributed by atoms with Crippen LogP contribution in [-0.2, 0) is 17.8 Å². The van der Waals surface area contributed by atoms with Crippen LogP contribution in [0.5, 0.6) is 5.75 Å². The summed E-state index contributed by atoms with van der Waals surface area (Å²) in [6.45, 7) is 4.29. The average Bonchev–Trinajstić information content (AvgIpc) is 3.18. The molecule has 0 radical (unpaired) electrons. The quantitative estimate of drug-likeness (QED) is 0.634. The molecule has 5 nitrogen and oxygen atoms in total. The van der Waals surface area contributed by atoms with Crippen molar-refractivity contribution in [1.82, 2.24) is 9.88 Å². The summed E-state index contributed by atoms with van der Waals surface area (Å²) in [6, 6.07) is 18.6. The van der Waals surface area contributed by atoms with Crippen molar-refractivity contribution in [2.75, 3.05) is 20.2 Å². The van der Waals surface area contributed by atoms with E-state index in [2.05, 4.69) is 53.2 Å². The van der Waals surface area contributed by atoms with Crippen molar-refractivity contribution in [3.8, 4) is 16.9 Å². The second-order valence-electron chi connectivity index (χ2n) is 8.49. The van der Waals surface area contributed by atoms with E-state index in [-0.39, 0.29) is 5.91 Å². The van der Waals surface area contributed by atoms with E-state index in [1.807, 2.05) is 18.2 Å². The van der Waals surface area contributed by atoms with E-state index in [9.17, 15) is 4.79 Å². The van der Waals surface area contributed by atoms with Crippen LogP contribution in [0.25, 0.3) is 11.1 Å². The van der Waals surface area contributed by atoms with Crippen molar-refractivity contribution in [3.63, 3.8) is 0 Å². The molecular weight excluding hydrogens is 386 g/mol. The summed E-state index contributed by atoms with van der Waals surface area (Å²) >= 11 is 0. The number of methoxy groups -OCH3 is 1. The number of hydrogen-bond acceptors (Lipinski definition) is 4. The molecule has 2 heterocycles. The summed E-state index contributed by atoms with van der Waals surface area (Å²) < 4.78 is 5.61. The number of nitrogens with zero attached hydrogens (tertiary/aromatic N) is 2. The Morgan fingerprint density at radius 1 is 1.13 bits per heavy atom. The number of pyridine rings is 1. The van der Waals surface area contributed by atoms with E-state index in [1.54, 1.807) is 19.5 Å². The monoisotopic (exact) mass is 415 g/mol. The number of primary amides is 1. The lowest BCUT2D eigenvalue weighted by molar-refractivity contribution is -0.127. The SMILES string of the molecule is COc1c(C)cccc1CN1CCC(Cc2cccc(-c3ccncc3)c2)(C(N)=O)C1. The van der Waals surface area contributed by atoms with E-state index in [0.717, 1.165) is 53.1 Å². The average molecular weight is 416 g/mol. The van der Waals surface area contributed by atoms with E-state index < -0.39 is 5.41 Å². The fraction of sp³-hybridized carbons (Fsp3) is 0.308. The van der Waals surface area contributed by atoms with Gasteiger partial charge in [-0.05, 0) is 60.7 Å². The number of ether oxygens (including phenoxy) is 1. The van der Waals surface area contributed by atoms with Crippen molar-refractivity contribution in [3.05, 3.63) is 83.7 Å². The molecule has 1 fully saturated rings. The van der Waals surface area contributed by atoms with Crippen molar-refractivity contribution < 1.29 is 9.53 Å². The Bertz CT molecular complexity index is 1070. The molecule has 0 saturated carbocycles. The first kappa shape index (κ1) is 21.1. The highest BCUT2D eigenvalue weighted by Gasteiger charge is 2.43. The van der Waals surface area contributed by atoms with E-state index in [4.69, 9.17) is 10.5 Å². The number of hydrogen-bond donors (Lipinski definition) is 1. The first-order chi connectivity index (χ1) is 15.0. The highest BCUT2D eigenvalue weighted by molar-refractivity contribution is 5.82. The van der Waals surface area contributed by atoms with Gasteiger partial charge in [-0.15, -0.1) is 0 Å². The van der Waals surface area contributed by atoms with Gasteiger partial charge in [0.2, 0.25) is 5.91 Å². The lowest BCUT2D eigenvalue weighted by Crippen LogP contribution is -2.41. The highest BCUT2D eigenvalue weighted by Crippen LogP contribution is 2.36. The fourth-order valence-electron chi connectivity index (χ4n) is 4.69. The number of carbonyl (C=O) groups is 1. The van der Waals surface area contributed by atoms with Gasteiger partial charge in [-0.3, -0.25) is 14.7 Å². The molecule has 1 aliphatic rings. The normalized spacial score (nSPS) is 18.8. The lowest BCUT2D eigenvalue weighted by atomic mass is 9.79. The third kappa shape index (κ3) is 4.47. The summed E-state index contributed by atoms with van der Waals surface area (Å²) in [5, 5.41) is 0. The smallest absolute Gasteiger partial charge is 0.225 e. The Balaban J connectivity index is 1.54. The van der Waals surface area contributed by atoms with Gasteiger partial charge < -0.3 is 10.5 Å². The number of aryl methyl sites for hydroxylation is 1.